The zero-order chi connectivity index (χ0) is 23.5. The lowest BCUT2D eigenvalue weighted by Gasteiger charge is -2.33. The van der Waals surface area contributed by atoms with E-state index in [1.54, 1.807) is 26.2 Å². The van der Waals surface area contributed by atoms with Crippen LogP contribution >= 0.6 is 35.0 Å². The summed E-state index contributed by atoms with van der Waals surface area (Å²) in [4.78, 5) is 19.4. The Kier molecular flexibility index (Phi) is 7.22. The molecule has 0 radical (unpaired) electrons. The lowest BCUT2D eigenvalue weighted by Crippen LogP contribution is -2.34. The molecule has 1 atom stereocenters. The number of carbonyl (C=O) groups is 1. The molecule has 2 heterocycles. The highest BCUT2D eigenvalue weighted by Crippen LogP contribution is 2.43. The molecule has 2 aliphatic rings. The molecule has 0 unspecified atom stereocenters. The fraction of sp³-hybridized carbons (Fsp3) is 0.250. The Labute approximate surface area is 206 Å². The Morgan fingerprint density at radius 1 is 1.15 bits per heavy atom. The number of hydrogen-bond acceptors (Lipinski definition) is 7. The van der Waals surface area contributed by atoms with Gasteiger partial charge in [0.2, 0.25) is 0 Å². The first-order valence-corrected chi connectivity index (χ1v) is 11.9. The van der Waals surface area contributed by atoms with E-state index >= 15 is 0 Å². The van der Waals surface area contributed by atoms with Gasteiger partial charge < -0.3 is 19.1 Å². The highest BCUT2D eigenvalue weighted by molar-refractivity contribution is 8.16. The molecule has 0 saturated carbocycles. The van der Waals surface area contributed by atoms with Gasteiger partial charge >= 0.3 is 5.97 Å². The van der Waals surface area contributed by atoms with Gasteiger partial charge in [-0.1, -0.05) is 47.1 Å². The van der Waals surface area contributed by atoms with Crippen LogP contribution in [0.1, 0.15) is 31.0 Å². The first-order chi connectivity index (χ1) is 15.9. The number of allylic oxidation sites excluding steroid dienone is 1. The first kappa shape index (κ1) is 23.5. The fourth-order valence-corrected chi connectivity index (χ4v) is 4.77. The standard InChI is InChI=1S/C24H22Cl2N2O4S/c1-4-31-23(29)21-14(2)27-24-28(9-10-33-24)22(21)16-6-8-19(20(12-16)30-3)32-13-15-5-7-17(25)18(26)11-15/h5-12,22H,4,13H2,1-3H3/t22-/m0/s1. The number of ether oxygens (including phenoxy) is 3. The average Bonchev–Trinajstić information content (AvgIpc) is 3.27. The van der Waals surface area contributed by atoms with E-state index in [4.69, 9.17) is 37.4 Å². The van der Waals surface area contributed by atoms with Crippen LogP contribution in [0.25, 0.3) is 0 Å². The molecule has 0 aliphatic carbocycles. The van der Waals surface area contributed by atoms with Gasteiger partial charge in [-0.15, -0.1) is 0 Å². The van der Waals surface area contributed by atoms with Crippen molar-refractivity contribution in [3.8, 4) is 11.5 Å². The van der Waals surface area contributed by atoms with Gasteiger partial charge in [0, 0.05) is 6.20 Å². The SMILES string of the molecule is CCOC(=O)C1=C(C)N=C2SC=CN2[C@H]1c1ccc(OCc2ccc(Cl)c(Cl)c2)c(OC)c1. The number of aliphatic imine (C=N–C) groups is 1. The van der Waals surface area contributed by atoms with E-state index in [0.717, 1.165) is 16.3 Å². The topological polar surface area (TPSA) is 60.4 Å². The molecule has 0 aromatic heterocycles. The van der Waals surface area contributed by atoms with Crippen molar-refractivity contribution >= 4 is 46.1 Å². The second-order valence-corrected chi connectivity index (χ2v) is 8.96. The van der Waals surface area contributed by atoms with Crippen LogP contribution < -0.4 is 9.47 Å². The molecule has 0 bridgehead atoms. The van der Waals surface area contributed by atoms with Crippen LogP contribution in [-0.2, 0) is 16.1 Å². The van der Waals surface area contributed by atoms with Crippen LogP contribution in [0.5, 0.6) is 11.5 Å². The lowest BCUT2D eigenvalue weighted by molar-refractivity contribution is -0.139. The molecule has 9 heteroatoms. The summed E-state index contributed by atoms with van der Waals surface area (Å²) in [6.45, 7) is 4.20. The zero-order valence-electron chi connectivity index (χ0n) is 18.3. The number of thioether (sulfide) groups is 1. The average molecular weight is 505 g/mol. The monoisotopic (exact) mass is 504 g/mol. The fourth-order valence-electron chi connectivity index (χ4n) is 3.66. The van der Waals surface area contributed by atoms with Crippen LogP contribution in [0.3, 0.4) is 0 Å². The van der Waals surface area contributed by atoms with E-state index in [1.165, 1.54) is 11.8 Å². The summed E-state index contributed by atoms with van der Waals surface area (Å²) in [6, 6.07) is 10.6. The number of nitrogens with zero attached hydrogens (tertiary/aromatic N) is 2. The molecule has 0 N–H and O–H groups in total. The van der Waals surface area contributed by atoms with Gasteiger partial charge in [0.05, 0.1) is 41.1 Å². The predicted molar refractivity (Wildman–Crippen MR) is 132 cm³/mol. The first-order valence-electron chi connectivity index (χ1n) is 10.3. The van der Waals surface area contributed by atoms with E-state index in [9.17, 15) is 4.79 Å². The maximum absolute atomic E-state index is 12.8. The number of fused-ring (bicyclic) bond motifs is 1. The van der Waals surface area contributed by atoms with Crippen molar-refractivity contribution in [2.45, 2.75) is 26.5 Å². The number of rotatable bonds is 7. The maximum Gasteiger partial charge on any atom is 0.338 e. The number of carbonyl (C=O) groups excluding carboxylic acids is 1. The number of amidine groups is 1. The highest BCUT2D eigenvalue weighted by atomic mass is 35.5. The smallest absolute Gasteiger partial charge is 0.338 e. The van der Waals surface area contributed by atoms with Gasteiger partial charge in [0.15, 0.2) is 16.7 Å². The van der Waals surface area contributed by atoms with Crippen molar-refractivity contribution in [2.24, 2.45) is 4.99 Å². The van der Waals surface area contributed by atoms with E-state index in [0.29, 0.717) is 39.4 Å². The number of hydrogen-bond donors (Lipinski definition) is 0. The third kappa shape index (κ3) is 4.86. The predicted octanol–water partition coefficient (Wildman–Crippen LogP) is 6.35. The van der Waals surface area contributed by atoms with Gasteiger partial charge in [0.1, 0.15) is 6.61 Å². The van der Waals surface area contributed by atoms with Gasteiger partial charge in [-0.2, -0.15) is 0 Å². The van der Waals surface area contributed by atoms with Gasteiger partial charge in [-0.3, -0.25) is 0 Å². The largest absolute Gasteiger partial charge is 0.493 e. The van der Waals surface area contributed by atoms with Crippen LogP contribution in [0.15, 0.2) is 64.3 Å². The van der Waals surface area contributed by atoms with E-state index < -0.39 is 0 Å². The minimum atomic E-state index is -0.388. The van der Waals surface area contributed by atoms with Crippen LogP contribution in [0.2, 0.25) is 10.0 Å². The van der Waals surface area contributed by atoms with Gasteiger partial charge in [-0.05, 0) is 54.6 Å². The van der Waals surface area contributed by atoms with Crippen LogP contribution in [0, 0.1) is 0 Å². The molecule has 0 amide bonds. The van der Waals surface area contributed by atoms with Crippen LogP contribution in [-0.4, -0.2) is 29.8 Å². The Morgan fingerprint density at radius 2 is 1.97 bits per heavy atom. The molecule has 2 aliphatic heterocycles. The quantitative estimate of drug-likeness (QED) is 0.409. The molecule has 2 aromatic rings. The number of methoxy groups -OCH3 is 1. The minimum absolute atomic E-state index is 0.286. The van der Waals surface area contributed by atoms with E-state index in [2.05, 4.69) is 4.99 Å². The van der Waals surface area contributed by atoms with Crippen molar-refractivity contribution < 1.29 is 19.0 Å². The van der Waals surface area contributed by atoms with E-state index in [-0.39, 0.29) is 18.6 Å². The van der Waals surface area contributed by atoms with Crippen molar-refractivity contribution in [3.05, 3.63) is 80.4 Å². The summed E-state index contributed by atoms with van der Waals surface area (Å²) < 4.78 is 16.9. The number of halogens is 2. The third-order valence-electron chi connectivity index (χ3n) is 5.20. The maximum atomic E-state index is 12.8. The molecule has 172 valence electrons. The Hall–Kier alpha value is -2.61. The molecule has 4 rings (SSSR count). The molecule has 6 nitrogen and oxygen atoms in total. The second-order valence-electron chi connectivity index (χ2n) is 7.27. The van der Waals surface area contributed by atoms with Gasteiger partial charge in [0.25, 0.3) is 0 Å². The van der Waals surface area contributed by atoms with Crippen molar-refractivity contribution in [1.82, 2.24) is 4.90 Å². The second kappa shape index (κ2) is 10.1. The molecule has 0 spiro atoms. The molecule has 33 heavy (non-hydrogen) atoms. The number of benzene rings is 2. The lowest BCUT2D eigenvalue weighted by atomic mass is 9.94. The Balaban J connectivity index is 1.65. The Bertz CT molecular complexity index is 1180. The summed E-state index contributed by atoms with van der Waals surface area (Å²) in [6.07, 6.45) is 1.92. The molecule has 0 fully saturated rings. The van der Waals surface area contributed by atoms with Crippen LogP contribution in [0.4, 0.5) is 0 Å². The summed E-state index contributed by atoms with van der Waals surface area (Å²) >= 11 is 13.6. The normalized spacial score (nSPS) is 17.1. The third-order valence-corrected chi connectivity index (χ3v) is 6.71. The van der Waals surface area contributed by atoms with Gasteiger partial charge in [-0.25, -0.2) is 9.79 Å². The van der Waals surface area contributed by atoms with Crippen molar-refractivity contribution in [1.29, 1.82) is 0 Å². The number of esters is 1. The molecule has 2 aromatic carbocycles. The zero-order valence-corrected chi connectivity index (χ0v) is 20.6. The summed E-state index contributed by atoms with van der Waals surface area (Å²) in [5.74, 6) is 0.738. The van der Waals surface area contributed by atoms with Crippen molar-refractivity contribution in [2.75, 3.05) is 13.7 Å². The van der Waals surface area contributed by atoms with Crippen molar-refractivity contribution in [3.63, 3.8) is 0 Å². The molecule has 0 saturated heterocycles. The highest BCUT2D eigenvalue weighted by Gasteiger charge is 2.37. The Morgan fingerprint density at radius 3 is 2.70 bits per heavy atom. The van der Waals surface area contributed by atoms with E-state index in [1.807, 2.05) is 47.7 Å². The molecular formula is C24H22Cl2N2O4S. The summed E-state index contributed by atoms with van der Waals surface area (Å²) in [5, 5.41) is 3.72. The summed E-state index contributed by atoms with van der Waals surface area (Å²) in [5.41, 5.74) is 2.88. The molecular weight excluding hydrogens is 483 g/mol. The summed E-state index contributed by atoms with van der Waals surface area (Å²) in [7, 11) is 1.58. The minimum Gasteiger partial charge on any atom is -0.493 e.